The topological polar surface area (TPSA) is 0 Å². The average molecular weight is 196 g/mol. The van der Waals surface area contributed by atoms with Gasteiger partial charge in [-0.3, -0.25) is 0 Å². The van der Waals surface area contributed by atoms with Crippen molar-refractivity contribution in [3.05, 3.63) is 0 Å². The molecular formula is C13H26N+. The first kappa shape index (κ1) is 10.5. The van der Waals surface area contributed by atoms with Gasteiger partial charge in [-0.25, -0.2) is 0 Å². The predicted molar refractivity (Wildman–Crippen MR) is 61.2 cm³/mol. The van der Waals surface area contributed by atoms with Crippen LogP contribution in [0.15, 0.2) is 0 Å². The summed E-state index contributed by atoms with van der Waals surface area (Å²) in [6, 6.07) is 1.88. The van der Waals surface area contributed by atoms with Gasteiger partial charge in [0.25, 0.3) is 0 Å². The third-order valence-corrected chi connectivity index (χ3v) is 4.90. The second-order valence-electron chi connectivity index (χ2n) is 5.59. The van der Waals surface area contributed by atoms with E-state index >= 15 is 0 Å². The lowest BCUT2D eigenvalue weighted by molar-refractivity contribution is -0.973. The van der Waals surface area contributed by atoms with Crippen LogP contribution < -0.4 is 0 Å². The van der Waals surface area contributed by atoms with Gasteiger partial charge in [-0.1, -0.05) is 0 Å². The summed E-state index contributed by atoms with van der Waals surface area (Å²) in [5.41, 5.74) is 0. The van der Waals surface area contributed by atoms with Gasteiger partial charge in [-0.15, -0.1) is 0 Å². The van der Waals surface area contributed by atoms with Gasteiger partial charge >= 0.3 is 0 Å². The Balaban J connectivity index is 2.16. The van der Waals surface area contributed by atoms with Gasteiger partial charge in [-0.05, 0) is 58.8 Å². The zero-order chi connectivity index (χ0) is 10.0. The number of hydrogen-bond acceptors (Lipinski definition) is 0. The van der Waals surface area contributed by atoms with Crippen LogP contribution in [0.2, 0.25) is 0 Å². The normalized spacial score (nSPS) is 38.1. The van der Waals surface area contributed by atoms with E-state index in [1.807, 2.05) is 0 Å². The fourth-order valence-electron chi connectivity index (χ4n) is 3.81. The third kappa shape index (κ3) is 1.71. The third-order valence-electron chi connectivity index (χ3n) is 4.90. The summed E-state index contributed by atoms with van der Waals surface area (Å²) in [4.78, 5) is 0. The Labute approximate surface area is 89.1 Å². The van der Waals surface area contributed by atoms with Crippen molar-refractivity contribution >= 4 is 0 Å². The number of quaternary nitrogens is 1. The Morgan fingerprint density at radius 3 is 1.71 bits per heavy atom. The molecular weight excluding hydrogens is 170 g/mol. The Kier molecular flexibility index (Phi) is 3.16. The molecule has 0 saturated carbocycles. The zero-order valence-electron chi connectivity index (χ0n) is 9.97. The molecule has 2 atom stereocenters. The summed E-state index contributed by atoms with van der Waals surface area (Å²) < 4.78 is 1.47. The molecule has 2 fully saturated rings. The van der Waals surface area contributed by atoms with Gasteiger partial charge < -0.3 is 4.48 Å². The van der Waals surface area contributed by atoms with Crippen molar-refractivity contribution in [1.82, 2.24) is 0 Å². The molecule has 2 rings (SSSR count). The maximum atomic E-state index is 2.51. The number of piperidine rings is 1. The van der Waals surface area contributed by atoms with Gasteiger partial charge in [0.05, 0.1) is 25.2 Å². The molecule has 1 spiro atoms. The minimum atomic E-state index is 0.938. The standard InChI is InChI=1S/C13H26N/c1-12-8-4-5-9-13(2)14(12)10-6-3-7-11-14/h12-13H,3-11H2,1-2H3/q+1. The van der Waals surface area contributed by atoms with Crippen LogP contribution >= 0.6 is 0 Å². The number of nitrogens with zero attached hydrogens (tertiary/aromatic N) is 1. The fraction of sp³-hybridized carbons (Fsp3) is 1.00. The van der Waals surface area contributed by atoms with Crippen molar-refractivity contribution in [2.24, 2.45) is 0 Å². The highest BCUT2D eigenvalue weighted by molar-refractivity contribution is 4.70. The molecule has 0 amide bonds. The average Bonchev–Trinajstić information content (AvgIpc) is 2.35. The quantitative estimate of drug-likeness (QED) is 0.521. The van der Waals surface area contributed by atoms with Gasteiger partial charge in [0.1, 0.15) is 0 Å². The highest BCUT2D eigenvalue weighted by Gasteiger charge is 2.40. The van der Waals surface area contributed by atoms with Crippen molar-refractivity contribution in [2.75, 3.05) is 13.1 Å². The minimum Gasteiger partial charge on any atom is -0.319 e. The van der Waals surface area contributed by atoms with E-state index in [0.717, 1.165) is 12.1 Å². The van der Waals surface area contributed by atoms with Gasteiger partial charge in [0.2, 0.25) is 0 Å². The van der Waals surface area contributed by atoms with Gasteiger partial charge in [0, 0.05) is 0 Å². The summed E-state index contributed by atoms with van der Waals surface area (Å²) in [7, 11) is 0. The Bertz CT molecular complexity index is 168. The van der Waals surface area contributed by atoms with E-state index in [1.165, 1.54) is 62.5 Å². The van der Waals surface area contributed by atoms with Crippen molar-refractivity contribution in [3.8, 4) is 0 Å². The van der Waals surface area contributed by atoms with E-state index in [-0.39, 0.29) is 0 Å². The molecule has 1 heteroatoms. The van der Waals surface area contributed by atoms with E-state index < -0.39 is 0 Å². The molecule has 0 aliphatic carbocycles. The van der Waals surface area contributed by atoms with Crippen molar-refractivity contribution < 1.29 is 4.48 Å². The molecule has 0 aromatic rings. The maximum Gasteiger partial charge on any atom is 0.0863 e. The smallest absolute Gasteiger partial charge is 0.0863 e. The van der Waals surface area contributed by atoms with Crippen molar-refractivity contribution in [1.29, 1.82) is 0 Å². The molecule has 0 aromatic carbocycles. The number of rotatable bonds is 0. The van der Waals surface area contributed by atoms with Crippen LogP contribution in [0.3, 0.4) is 0 Å². The first-order valence-electron chi connectivity index (χ1n) is 6.62. The highest BCUT2D eigenvalue weighted by Crippen LogP contribution is 2.33. The molecule has 2 aliphatic rings. The molecule has 1 nitrogen and oxygen atoms in total. The van der Waals surface area contributed by atoms with Gasteiger partial charge in [0.15, 0.2) is 0 Å². The van der Waals surface area contributed by atoms with Crippen molar-refractivity contribution in [3.63, 3.8) is 0 Å². The molecule has 0 aromatic heterocycles. The first-order chi connectivity index (χ1) is 6.76. The Morgan fingerprint density at radius 2 is 1.21 bits per heavy atom. The second-order valence-corrected chi connectivity index (χ2v) is 5.59. The summed E-state index contributed by atoms with van der Waals surface area (Å²) >= 11 is 0. The van der Waals surface area contributed by atoms with E-state index in [0.29, 0.717) is 0 Å². The van der Waals surface area contributed by atoms with Crippen LogP contribution in [0, 0.1) is 0 Å². The van der Waals surface area contributed by atoms with Crippen LogP contribution in [0.4, 0.5) is 0 Å². The van der Waals surface area contributed by atoms with Crippen LogP contribution in [-0.2, 0) is 0 Å². The van der Waals surface area contributed by atoms with Crippen LogP contribution in [-0.4, -0.2) is 29.7 Å². The molecule has 0 radical (unpaired) electrons. The van der Waals surface area contributed by atoms with Crippen molar-refractivity contribution in [2.45, 2.75) is 70.9 Å². The molecule has 14 heavy (non-hydrogen) atoms. The van der Waals surface area contributed by atoms with Crippen LogP contribution in [0.5, 0.6) is 0 Å². The zero-order valence-corrected chi connectivity index (χ0v) is 9.97. The Morgan fingerprint density at radius 1 is 0.714 bits per heavy atom. The van der Waals surface area contributed by atoms with Crippen LogP contribution in [0.25, 0.3) is 0 Å². The lowest BCUT2D eigenvalue weighted by Gasteiger charge is -2.49. The van der Waals surface area contributed by atoms with E-state index in [2.05, 4.69) is 13.8 Å². The monoisotopic (exact) mass is 196 g/mol. The fourth-order valence-corrected chi connectivity index (χ4v) is 3.81. The molecule has 0 N–H and O–H groups in total. The van der Waals surface area contributed by atoms with E-state index in [1.54, 1.807) is 0 Å². The summed E-state index contributed by atoms with van der Waals surface area (Å²) in [6.45, 7) is 7.96. The largest absolute Gasteiger partial charge is 0.319 e. The molecule has 2 aliphatic heterocycles. The van der Waals surface area contributed by atoms with E-state index in [9.17, 15) is 0 Å². The van der Waals surface area contributed by atoms with Gasteiger partial charge in [-0.2, -0.15) is 0 Å². The molecule has 0 bridgehead atoms. The lowest BCUT2D eigenvalue weighted by Crippen LogP contribution is -2.61. The molecule has 82 valence electrons. The molecule has 2 unspecified atom stereocenters. The first-order valence-corrected chi connectivity index (χ1v) is 6.62. The Hall–Kier alpha value is -0.0400. The molecule has 2 heterocycles. The SMILES string of the molecule is CC1CCCCC(C)[N+]12CCCCC2. The second kappa shape index (κ2) is 4.22. The minimum absolute atomic E-state index is 0.938. The summed E-state index contributed by atoms with van der Waals surface area (Å²) in [5, 5.41) is 0. The number of hydrogen-bond donors (Lipinski definition) is 0. The van der Waals surface area contributed by atoms with E-state index in [4.69, 9.17) is 0 Å². The summed E-state index contributed by atoms with van der Waals surface area (Å²) in [5.74, 6) is 0. The predicted octanol–water partition coefficient (Wildman–Crippen LogP) is 3.34. The lowest BCUT2D eigenvalue weighted by atomic mass is 9.99. The molecule has 2 saturated heterocycles. The summed E-state index contributed by atoms with van der Waals surface area (Å²) in [6.07, 6.45) is 10.4. The maximum absolute atomic E-state index is 2.51. The highest BCUT2D eigenvalue weighted by atomic mass is 15.4. The van der Waals surface area contributed by atoms with Crippen LogP contribution in [0.1, 0.15) is 58.8 Å².